The summed E-state index contributed by atoms with van der Waals surface area (Å²) in [5.41, 5.74) is 6.11. The van der Waals surface area contributed by atoms with Crippen LogP contribution in [0, 0.1) is 0 Å². The number of rotatable bonds is 7. The van der Waals surface area contributed by atoms with E-state index in [1.807, 2.05) is 24.3 Å². The number of nitrogens with two attached hydrogens (primary N) is 1. The molecule has 1 amide bonds. The average molecular weight is 291 g/mol. The maximum atomic E-state index is 10.8. The van der Waals surface area contributed by atoms with Crippen molar-refractivity contribution >= 4 is 11.6 Å². The van der Waals surface area contributed by atoms with E-state index in [0.29, 0.717) is 18.7 Å². The summed E-state index contributed by atoms with van der Waals surface area (Å²) in [5.74, 6) is 0.436. The largest absolute Gasteiger partial charge is 0.491 e. The number of hydrogen-bond acceptors (Lipinski definition) is 4. The fraction of sp³-hybridized carbons (Fsp3) is 0.562. The van der Waals surface area contributed by atoms with E-state index in [9.17, 15) is 4.79 Å². The first-order valence-corrected chi connectivity index (χ1v) is 7.57. The van der Waals surface area contributed by atoms with Crippen LogP contribution < -0.4 is 15.8 Å². The van der Waals surface area contributed by atoms with Gasteiger partial charge in [-0.05, 0) is 32.4 Å². The quantitative estimate of drug-likeness (QED) is 0.804. The Morgan fingerprint density at radius 2 is 2.24 bits per heavy atom. The van der Waals surface area contributed by atoms with Crippen molar-refractivity contribution in [3.63, 3.8) is 0 Å². The van der Waals surface area contributed by atoms with Gasteiger partial charge < -0.3 is 15.8 Å². The smallest absolute Gasteiger partial charge is 0.220 e. The first-order chi connectivity index (χ1) is 10.1. The number of carbonyl (C=O) groups is 1. The lowest BCUT2D eigenvalue weighted by molar-refractivity contribution is -0.118. The third-order valence-corrected chi connectivity index (χ3v) is 3.80. The Kier molecular flexibility index (Phi) is 5.44. The summed E-state index contributed by atoms with van der Waals surface area (Å²) in [6, 6.07) is 8.86. The summed E-state index contributed by atoms with van der Waals surface area (Å²) in [7, 11) is 0. The van der Waals surface area contributed by atoms with Gasteiger partial charge in [-0.15, -0.1) is 0 Å². The highest BCUT2D eigenvalue weighted by atomic mass is 16.5. The molecule has 3 N–H and O–H groups in total. The molecule has 1 aromatic rings. The molecule has 0 aliphatic carbocycles. The van der Waals surface area contributed by atoms with Crippen LogP contribution in [0.4, 0.5) is 5.69 Å². The van der Waals surface area contributed by atoms with Crippen LogP contribution in [0.15, 0.2) is 24.3 Å². The number of para-hydroxylation sites is 2. The van der Waals surface area contributed by atoms with Crippen molar-refractivity contribution in [1.82, 2.24) is 4.90 Å². The standard InChI is InChI=1S/C16H25N3O2/c1-12(2)19-9-7-13(11-19)18-14-5-3-4-6-15(14)21-10-8-16(17)20/h3-6,12-13,18H,7-11H2,1-2H3,(H2,17,20). The Bertz CT molecular complexity index is 476. The van der Waals surface area contributed by atoms with Crippen LogP contribution in [0.5, 0.6) is 5.75 Å². The van der Waals surface area contributed by atoms with Crippen LogP contribution in [0.25, 0.3) is 0 Å². The van der Waals surface area contributed by atoms with Crippen LogP contribution in [0.3, 0.4) is 0 Å². The normalized spacial score (nSPS) is 18.9. The molecule has 1 saturated heterocycles. The van der Waals surface area contributed by atoms with Crippen molar-refractivity contribution in [3.8, 4) is 5.75 Å². The summed E-state index contributed by atoms with van der Waals surface area (Å²) in [4.78, 5) is 13.2. The molecule has 1 aliphatic heterocycles. The van der Waals surface area contributed by atoms with Gasteiger partial charge in [-0.25, -0.2) is 0 Å². The third kappa shape index (κ3) is 4.63. The molecule has 5 heteroatoms. The fourth-order valence-electron chi connectivity index (χ4n) is 2.57. The minimum atomic E-state index is -0.344. The van der Waals surface area contributed by atoms with Crippen molar-refractivity contribution in [3.05, 3.63) is 24.3 Å². The van der Waals surface area contributed by atoms with E-state index in [2.05, 4.69) is 24.1 Å². The predicted molar refractivity (Wildman–Crippen MR) is 84.5 cm³/mol. The van der Waals surface area contributed by atoms with Crippen LogP contribution in [-0.2, 0) is 4.79 Å². The van der Waals surface area contributed by atoms with Gasteiger partial charge in [-0.3, -0.25) is 9.69 Å². The van der Waals surface area contributed by atoms with Gasteiger partial charge in [-0.2, -0.15) is 0 Å². The van der Waals surface area contributed by atoms with E-state index < -0.39 is 0 Å². The van der Waals surface area contributed by atoms with Gasteiger partial charge in [0.1, 0.15) is 5.75 Å². The lowest BCUT2D eigenvalue weighted by Gasteiger charge is -2.21. The Labute approximate surface area is 126 Å². The van der Waals surface area contributed by atoms with Gasteiger partial charge in [0, 0.05) is 25.2 Å². The van der Waals surface area contributed by atoms with E-state index >= 15 is 0 Å². The van der Waals surface area contributed by atoms with E-state index in [-0.39, 0.29) is 12.3 Å². The lowest BCUT2D eigenvalue weighted by atomic mass is 10.2. The zero-order valence-electron chi connectivity index (χ0n) is 12.8. The van der Waals surface area contributed by atoms with Gasteiger partial charge in [0.15, 0.2) is 0 Å². The van der Waals surface area contributed by atoms with Crippen molar-refractivity contribution in [2.75, 3.05) is 25.0 Å². The van der Waals surface area contributed by atoms with Gasteiger partial charge in [0.05, 0.1) is 18.7 Å². The maximum Gasteiger partial charge on any atom is 0.220 e. The molecule has 0 aromatic heterocycles. The van der Waals surface area contributed by atoms with Gasteiger partial charge in [0.2, 0.25) is 5.91 Å². The van der Waals surface area contributed by atoms with Crippen LogP contribution in [0.2, 0.25) is 0 Å². The second-order valence-corrected chi connectivity index (χ2v) is 5.78. The maximum absolute atomic E-state index is 10.8. The molecule has 0 bridgehead atoms. The number of amides is 1. The van der Waals surface area contributed by atoms with E-state index in [1.165, 1.54) is 0 Å². The molecule has 1 aromatic carbocycles. The molecule has 1 heterocycles. The molecule has 21 heavy (non-hydrogen) atoms. The van der Waals surface area contributed by atoms with E-state index in [4.69, 9.17) is 10.5 Å². The molecule has 0 spiro atoms. The Morgan fingerprint density at radius 1 is 1.48 bits per heavy atom. The van der Waals surface area contributed by atoms with Crippen molar-refractivity contribution in [1.29, 1.82) is 0 Å². The van der Waals surface area contributed by atoms with Gasteiger partial charge >= 0.3 is 0 Å². The Hall–Kier alpha value is -1.75. The summed E-state index contributed by atoms with van der Waals surface area (Å²) in [6.45, 7) is 6.94. The van der Waals surface area contributed by atoms with E-state index in [0.717, 1.165) is 30.9 Å². The number of anilines is 1. The van der Waals surface area contributed by atoms with Crippen molar-refractivity contribution < 1.29 is 9.53 Å². The predicted octanol–water partition coefficient (Wildman–Crippen LogP) is 1.84. The highest BCUT2D eigenvalue weighted by Crippen LogP contribution is 2.26. The Morgan fingerprint density at radius 3 is 2.90 bits per heavy atom. The summed E-state index contributed by atoms with van der Waals surface area (Å²) in [6.07, 6.45) is 1.37. The van der Waals surface area contributed by atoms with Crippen LogP contribution in [-0.4, -0.2) is 42.6 Å². The molecule has 0 radical (unpaired) electrons. The highest BCUT2D eigenvalue weighted by Gasteiger charge is 2.24. The van der Waals surface area contributed by atoms with Gasteiger partial charge in [0.25, 0.3) is 0 Å². The number of nitrogens with one attached hydrogen (secondary N) is 1. The number of likely N-dealkylation sites (tertiary alicyclic amines) is 1. The van der Waals surface area contributed by atoms with Crippen molar-refractivity contribution in [2.45, 2.75) is 38.8 Å². The zero-order chi connectivity index (χ0) is 15.2. The number of hydrogen-bond donors (Lipinski definition) is 2. The first kappa shape index (κ1) is 15.6. The average Bonchev–Trinajstić information content (AvgIpc) is 2.89. The first-order valence-electron chi connectivity index (χ1n) is 7.57. The number of primary amides is 1. The molecule has 1 fully saturated rings. The molecular weight excluding hydrogens is 266 g/mol. The van der Waals surface area contributed by atoms with Gasteiger partial charge in [-0.1, -0.05) is 12.1 Å². The zero-order valence-corrected chi connectivity index (χ0v) is 12.8. The molecule has 2 rings (SSSR count). The number of carbonyl (C=O) groups excluding carboxylic acids is 1. The van der Waals surface area contributed by atoms with Crippen LogP contribution in [0.1, 0.15) is 26.7 Å². The van der Waals surface area contributed by atoms with Crippen LogP contribution >= 0.6 is 0 Å². The molecule has 5 nitrogen and oxygen atoms in total. The molecule has 1 atom stereocenters. The summed E-state index contributed by atoms with van der Waals surface area (Å²) < 4.78 is 5.66. The van der Waals surface area contributed by atoms with Crippen molar-refractivity contribution in [2.24, 2.45) is 5.73 Å². The minimum Gasteiger partial charge on any atom is -0.491 e. The molecule has 1 unspecified atom stereocenters. The summed E-state index contributed by atoms with van der Waals surface area (Å²) in [5, 5.41) is 3.55. The van der Waals surface area contributed by atoms with E-state index in [1.54, 1.807) is 0 Å². The summed E-state index contributed by atoms with van der Waals surface area (Å²) >= 11 is 0. The molecule has 116 valence electrons. The topological polar surface area (TPSA) is 67.6 Å². The number of nitrogens with zero attached hydrogens (tertiary/aromatic N) is 1. The minimum absolute atomic E-state index is 0.235. The monoisotopic (exact) mass is 291 g/mol. The fourth-order valence-corrected chi connectivity index (χ4v) is 2.57. The lowest BCUT2D eigenvalue weighted by Crippen LogP contribution is -2.31. The molecule has 1 aliphatic rings. The molecule has 0 saturated carbocycles. The Balaban J connectivity index is 1.92. The SMILES string of the molecule is CC(C)N1CCC(Nc2ccccc2OCCC(N)=O)C1. The molecular formula is C16H25N3O2. The third-order valence-electron chi connectivity index (χ3n) is 3.80. The number of ether oxygens (including phenoxy) is 1. The highest BCUT2D eigenvalue weighted by molar-refractivity contribution is 5.73. The number of benzene rings is 1. The second kappa shape index (κ2) is 7.31. The second-order valence-electron chi connectivity index (χ2n) is 5.78.